The minimum atomic E-state index is -0.697. The van der Waals surface area contributed by atoms with Crippen LogP contribution in [0.1, 0.15) is 162 Å². The van der Waals surface area contributed by atoms with Crippen LogP contribution >= 0.6 is 0 Å². The Balaban J connectivity index is 4.07. The van der Waals surface area contributed by atoms with E-state index >= 15 is 0 Å². The molecule has 1 N–H and O–H groups in total. The second-order valence-electron chi connectivity index (χ2n) is 11.7. The Morgan fingerprint density at radius 1 is 0.523 bits per heavy atom. The van der Waals surface area contributed by atoms with E-state index in [1.807, 2.05) is 0 Å². The predicted octanol–water partition coefficient (Wildman–Crippen LogP) is 12.3. The molecule has 0 saturated carbocycles. The summed E-state index contributed by atoms with van der Waals surface area (Å²) in [5.41, 5.74) is 0. The zero-order valence-corrected chi connectivity index (χ0v) is 28.4. The highest BCUT2D eigenvalue weighted by molar-refractivity contribution is 5.69. The molecule has 0 aromatic rings. The number of ether oxygens (including phenoxy) is 1. The molecule has 1 atom stereocenters. The molecule has 0 amide bonds. The lowest BCUT2D eigenvalue weighted by Gasteiger charge is -2.18. The highest BCUT2D eigenvalue weighted by Crippen LogP contribution is 2.18. The standard InChI is InChI=1S/C40H66O4/c1-3-5-7-9-10-11-12-13-14-15-16-17-18-19-20-21-25-29-33-37-40(43)44-38(34-30-26-8-6-4-2)35-31-27-23-22-24-28-32-36-39(41)42/h5,7,10-11,13-14,16-17,19-20,25,29,38H,3-4,6,8-9,12,15,18,21-24,26-28,30-37H2,1-2H3,(H,41,42)/b7-5-,11-10-,14-13-,17-16-,20-19-,29-25-. The number of carbonyl (C=O) groups excluding carboxylic acids is 1. The van der Waals surface area contributed by atoms with Gasteiger partial charge in [0.05, 0.1) is 0 Å². The fourth-order valence-corrected chi connectivity index (χ4v) is 4.86. The summed E-state index contributed by atoms with van der Waals surface area (Å²) in [7, 11) is 0. The fourth-order valence-electron chi connectivity index (χ4n) is 4.86. The fraction of sp³-hybridized carbons (Fsp3) is 0.650. The summed E-state index contributed by atoms with van der Waals surface area (Å²) in [6, 6.07) is 0. The van der Waals surface area contributed by atoms with Gasteiger partial charge in [0.25, 0.3) is 0 Å². The Bertz CT molecular complexity index is 830. The van der Waals surface area contributed by atoms with E-state index in [1.165, 1.54) is 32.1 Å². The first kappa shape index (κ1) is 41.4. The predicted molar refractivity (Wildman–Crippen MR) is 190 cm³/mol. The third-order valence-corrected chi connectivity index (χ3v) is 7.46. The van der Waals surface area contributed by atoms with Crippen molar-refractivity contribution in [1.29, 1.82) is 0 Å². The molecule has 0 radical (unpaired) electrons. The van der Waals surface area contributed by atoms with Crippen LogP contribution in [0.2, 0.25) is 0 Å². The Kier molecular flexibility index (Phi) is 32.8. The largest absolute Gasteiger partial charge is 0.481 e. The highest BCUT2D eigenvalue weighted by Gasteiger charge is 2.14. The van der Waals surface area contributed by atoms with E-state index in [0.29, 0.717) is 6.42 Å². The Labute approximate surface area is 271 Å². The van der Waals surface area contributed by atoms with Gasteiger partial charge in [-0.15, -0.1) is 0 Å². The van der Waals surface area contributed by atoms with Crippen molar-refractivity contribution in [2.75, 3.05) is 0 Å². The van der Waals surface area contributed by atoms with Crippen molar-refractivity contribution >= 4 is 11.9 Å². The van der Waals surface area contributed by atoms with E-state index in [9.17, 15) is 9.59 Å². The number of rotatable bonds is 31. The second-order valence-corrected chi connectivity index (χ2v) is 11.7. The number of allylic oxidation sites excluding steroid dienone is 12. The summed E-state index contributed by atoms with van der Waals surface area (Å²) in [5.74, 6) is -0.765. The van der Waals surface area contributed by atoms with Crippen molar-refractivity contribution in [3.63, 3.8) is 0 Å². The topological polar surface area (TPSA) is 63.6 Å². The molecule has 0 rings (SSSR count). The van der Waals surface area contributed by atoms with Crippen LogP contribution < -0.4 is 0 Å². The van der Waals surface area contributed by atoms with Gasteiger partial charge in [0.15, 0.2) is 0 Å². The van der Waals surface area contributed by atoms with E-state index in [2.05, 4.69) is 86.8 Å². The van der Waals surface area contributed by atoms with Gasteiger partial charge in [0.1, 0.15) is 6.10 Å². The molecule has 0 aromatic heterocycles. The quantitative estimate of drug-likeness (QED) is 0.0482. The second kappa shape index (κ2) is 34.9. The Morgan fingerprint density at radius 2 is 0.932 bits per heavy atom. The molecule has 0 bridgehead atoms. The first-order chi connectivity index (χ1) is 21.6. The van der Waals surface area contributed by atoms with Crippen LogP contribution in [0.3, 0.4) is 0 Å². The monoisotopic (exact) mass is 610 g/mol. The van der Waals surface area contributed by atoms with Crippen LogP contribution in [0, 0.1) is 0 Å². The lowest BCUT2D eigenvalue weighted by molar-refractivity contribution is -0.149. The van der Waals surface area contributed by atoms with Gasteiger partial charge in [0.2, 0.25) is 0 Å². The van der Waals surface area contributed by atoms with E-state index in [4.69, 9.17) is 9.84 Å². The molecule has 0 spiro atoms. The van der Waals surface area contributed by atoms with Crippen LogP contribution in [0.4, 0.5) is 0 Å². The molecule has 0 saturated heterocycles. The van der Waals surface area contributed by atoms with Crippen molar-refractivity contribution in [2.45, 2.75) is 168 Å². The van der Waals surface area contributed by atoms with Crippen LogP contribution in [-0.4, -0.2) is 23.1 Å². The SMILES string of the molecule is CC/C=C\C/C=C\C/C=C\C/C=C\C/C=C\C/C=C\CCC(=O)OC(CCCCCCC)CCCCCCCCCC(=O)O. The number of unbranched alkanes of at least 4 members (excludes halogenated alkanes) is 10. The summed E-state index contributed by atoms with van der Waals surface area (Å²) in [5, 5.41) is 8.72. The van der Waals surface area contributed by atoms with Crippen LogP contribution in [-0.2, 0) is 14.3 Å². The number of aliphatic carboxylic acids is 1. The molecule has 4 heteroatoms. The van der Waals surface area contributed by atoms with Crippen LogP contribution in [0.15, 0.2) is 72.9 Å². The number of hydrogen-bond acceptors (Lipinski definition) is 3. The average Bonchev–Trinajstić information content (AvgIpc) is 3.00. The normalized spacial score (nSPS) is 13.1. The summed E-state index contributed by atoms with van der Waals surface area (Å²) in [6.45, 7) is 4.39. The first-order valence-electron chi connectivity index (χ1n) is 17.9. The third-order valence-electron chi connectivity index (χ3n) is 7.46. The number of esters is 1. The van der Waals surface area contributed by atoms with Crippen molar-refractivity contribution < 1.29 is 19.4 Å². The molecule has 0 aliphatic carbocycles. The van der Waals surface area contributed by atoms with Gasteiger partial charge < -0.3 is 9.84 Å². The zero-order chi connectivity index (χ0) is 32.2. The minimum absolute atomic E-state index is 0.0463. The van der Waals surface area contributed by atoms with Crippen molar-refractivity contribution in [3.8, 4) is 0 Å². The van der Waals surface area contributed by atoms with Gasteiger partial charge in [-0.1, -0.05) is 145 Å². The van der Waals surface area contributed by atoms with Crippen molar-refractivity contribution in [3.05, 3.63) is 72.9 Å². The molecule has 0 fully saturated rings. The van der Waals surface area contributed by atoms with E-state index in [1.54, 1.807) is 0 Å². The molecule has 0 aromatic carbocycles. The van der Waals surface area contributed by atoms with Gasteiger partial charge in [-0.3, -0.25) is 9.59 Å². The van der Waals surface area contributed by atoms with E-state index in [-0.39, 0.29) is 18.5 Å². The third kappa shape index (κ3) is 33.9. The molecule has 4 nitrogen and oxygen atoms in total. The number of carbonyl (C=O) groups is 2. The van der Waals surface area contributed by atoms with E-state index in [0.717, 1.165) is 103 Å². The minimum Gasteiger partial charge on any atom is -0.481 e. The van der Waals surface area contributed by atoms with Gasteiger partial charge >= 0.3 is 11.9 Å². The first-order valence-corrected chi connectivity index (χ1v) is 17.9. The molecule has 250 valence electrons. The van der Waals surface area contributed by atoms with Gasteiger partial charge in [-0.2, -0.15) is 0 Å². The maximum Gasteiger partial charge on any atom is 0.306 e. The lowest BCUT2D eigenvalue weighted by Crippen LogP contribution is -2.18. The summed E-state index contributed by atoms with van der Waals surface area (Å²) >= 11 is 0. The Morgan fingerprint density at radius 3 is 1.39 bits per heavy atom. The molecule has 0 aliphatic rings. The molecule has 44 heavy (non-hydrogen) atoms. The maximum absolute atomic E-state index is 12.5. The number of carboxylic acid groups (broad SMARTS) is 1. The molecule has 0 heterocycles. The van der Waals surface area contributed by atoms with Crippen LogP contribution in [0.25, 0.3) is 0 Å². The average molecular weight is 611 g/mol. The number of carboxylic acids is 1. The molecule has 0 aliphatic heterocycles. The van der Waals surface area contributed by atoms with E-state index < -0.39 is 5.97 Å². The van der Waals surface area contributed by atoms with Gasteiger partial charge in [0, 0.05) is 12.8 Å². The molecular weight excluding hydrogens is 544 g/mol. The Hall–Kier alpha value is -2.62. The van der Waals surface area contributed by atoms with Crippen molar-refractivity contribution in [1.82, 2.24) is 0 Å². The summed E-state index contributed by atoms with van der Waals surface area (Å²) < 4.78 is 5.92. The summed E-state index contributed by atoms with van der Waals surface area (Å²) in [4.78, 5) is 23.1. The highest BCUT2D eigenvalue weighted by atomic mass is 16.5. The summed E-state index contributed by atoms with van der Waals surface area (Å²) in [6.07, 6.45) is 49.3. The lowest BCUT2D eigenvalue weighted by atomic mass is 10.0. The molecule has 1 unspecified atom stereocenters. The zero-order valence-electron chi connectivity index (χ0n) is 28.4. The smallest absolute Gasteiger partial charge is 0.306 e. The maximum atomic E-state index is 12.5. The van der Waals surface area contributed by atoms with Crippen molar-refractivity contribution in [2.24, 2.45) is 0 Å². The molecular formula is C40H66O4. The van der Waals surface area contributed by atoms with Gasteiger partial charge in [-0.25, -0.2) is 0 Å². The van der Waals surface area contributed by atoms with Crippen LogP contribution in [0.5, 0.6) is 0 Å². The van der Waals surface area contributed by atoms with Gasteiger partial charge in [-0.05, 0) is 77.0 Å². The number of hydrogen-bond donors (Lipinski definition) is 1.